The summed E-state index contributed by atoms with van der Waals surface area (Å²) in [6.45, 7) is 8.68. The molecule has 0 aromatic heterocycles. The van der Waals surface area contributed by atoms with Crippen molar-refractivity contribution in [3.63, 3.8) is 0 Å². The average molecular weight is 299 g/mol. The van der Waals surface area contributed by atoms with Crippen molar-refractivity contribution in [2.24, 2.45) is 0 Å². The molecule has 1 N–H and O–H groups in total. The maximum absolute atomic E-state index is 13.8. The second kappa shape index (κ2) is 7.64. The summed E-state index contributed by atoms with van der Waals surface area (Å²) in [5.41, 5.74) is 0.106. The molecule has 112 valence electrons. The van der Waals surface area contributed by atoms with Crippen LogP contribution in [0.25, 0.3) is 0 Å². The lowest BCUT2D eigenvalue weighted by atomic mass is 10.2. The van der Waals surface area contributed by atoms with Crippen LogP contribution >= 0.6 is 11.8 Å². The van der Waals surface area contributed by atoms with Crippen molar-refractivity contribution in [2.45, 2.75) is 44.7 Å². The van der Waals surface area contributed by atoms with Crippen molar-refractivity contribution < 1.29 is 13.9 Å². The Labute approximate surface area is 124 Å². The van der Waals surface area contributed by atoms with E-state index in [1.165, 1.54) is 17.8 Å². The molecule has 0 heterocycles. The van der Waals surface area contributed by atoms with Gasteiger partial charge in [0.1, 0.15) is 11.4 Å². The highest BCUT2D eigenvalue weighted by atomic mass is 32.2. The van der Waals surface area contributed by atoms with E-state index in [4.69, 9.17) is 4.74 Å². The number of esters is 1. The normalized spacial score (nSPS) is 11.4. The molecule has 0 bridgehead atoms. The third-order valence-corrected chi connectivity index (χ3v) is 3.47. The number of ether oxygens (including phenoxy) is 1. The van der Waals surface area contributed by atoms with E-state index >= 15 is 0 Å². The molecule has 3 nitrogen and oxygen atoms in total. The van der Waals surface area contributed by atoms with Crippen LogP contribution in [0.1, 0.15) is 33.3 Å². The fourth-order valence-corrected chi connectivity index (χ4v) is 2.45. The standard InChI is InChI=1S/C15H22FNO2S/c1-5-17-9-11-12(16)7-6-8-13(11)20-10-14(18)19-15(2,3)4/h6-8,17H,5,9-10H2,1-4H3. The number of nitrogens with one attached hydrogen (secondary N) is 1. The average Bonchev–Trinajstić information content (AvgIpc) is 2.33. The van der Waals surface area contributed by atoms with Gasteiger partial charge in [0.15, 0.2) is 0 Å². The Kier molecular flexibility index (Phi) is 6.49. The van der Waals surface area contributed by atoms with Crippen molar-refractivity contribution >= 4 is 17.7 Å². The van der Waals surface area contributed by atoms with E-state index in [0.717, 1.165) is 11.4 Å². The maximum atomic E-state index is 13.8. The molecule has 0 aliphatic carbocycles. The summed E-state index contributed by atoms with van der Waals surface area (Å²) in [6, 6.07) is 4.91. The van der Waals surface area contributed by atoms with Gasteiger partial charge in [-0.25, -0.2) is 4.39 Å². The molecule has 20 heavy (non-hydrogen) atoms. The van der Waals surface area contributed by atoms with Gasteiger partial charge in [-0.1, -0.05) is 13.0 Å². The monoisotopic (exact) mass is 299 g/mol. The minimum Gasteiger partial charge on any atom is -0.459 e. The zero-order valence-electron chi connectivity index (χ0n) is 12.5. The van der Waals surface area contributed by atoms with Gasteiger partial charge in [0, 0.05) is 17.0 Å². The zero-order chi connectivity index (χ0) is 15.2. The summed E-state index contributed by atoms with van der Waals surface area (Å²) >= 11 is 1.31. The first-order valence-corrected chi connectivity index (χ1v) is 7.65. The van der Waals surface area contributed by atoms with Crippen LogP contribution in [0, 0.1) is 5.82 Å². The van der Waals surface area contributed by atoms with Gasteiger partial charge in [-0.2, -0.15) is 0 Å². The molecule has 0 atom stereocenters. The second-order valence-corrected chi connectivity index (χ2v) is 6.39. The minimum absolute atomic E-state index is 0.180. The van der Waals surface area contributed by atoms with E-state index in [1.54, 1.807) is 6.07 Å². The van der Waals surface area contributed by atoms with Crippen molar-refractivity contribution in [2.75, 3.05) is 12.3 Å². The zero-order valence-corrected chi connectivity index (χ0v) is 13.3. The molecule has 0 spiro atoms. The highest BCUT2D eigenvalue weighted by Crippen LogP contribution is 2.25. The summed E-state index contributed by atoms with van der Waals surface area (Å²) in [4.78, 5) is 12.5. The van der Waals surface area contributed by atoms with Crippen LogP contribution in [-0.2, 0) is 16.1 Å². The van der Waals surface area contributed by atoms with Gasteiger partial charge in [-0.3, -0.25) is 4.79 Å². The van der Waals surface area contributed by atoms with E-state index in [1.807, 2.05) is 33.8 Å². The molecule has 0 amide bonds. The quantitative estimate of drug-likeness (QED) is 0.645. The predicted molar refractivity (Wildman–Crippen MR) is 80.3 cm³/mol. The predicted octanol–water partition coefficient (Wildman–Crippen LogP) is 3.37. The third-order valence-electron chi connectivity index (χ3n) is 2.39. The summed E-state index contributed by atoms with van der Waals surface area (Å²) in [6.07, 6.45) is 0. The Hall–Kier alpha value is -1.07. The molecule has 0 radical (unpaired) electrons. The van der Waals surface area contributed by atoms with Crippen LogP contribution in [-0.4, -0.2) is 23.9 Å². The van der Waals surface area contributed by atoms with Gasteiger partial charge < -0.3 is 10.1 Å². The van der Waals surface area contributed by atoms with Crippen LogP contribution in [0.2, 0.25) is 0 Å². The topological polar surface area (TPSA) is 38.3 Å². The van der Waals surface area contributed by atoms with Gasteiger partial charge in [-0.05, 0) is 39.4 Å². The van der Waals surface area contributed by atoms with Crippen molar-refractivity contribution in [3.05, 3.63) is 29.6 Å². The molecule has 0 unspecified atom stereocenters. The highest BCUT2D eigenvalue weighted by Gasteiger charge is 2.17. The molecule has 0 fully saturated rings. The van der Waals surface area contributed by atoms with Crippen LogP contribution in [0.5, 0.6) is 0 Å². The highest BCUT2D eigenvalue weighted by molar-refractivity contribution is 8.00. The van der Waals surface area contributed by atoms with Gasteiger partial charge in [0.2, 0.25) is 0 Å². The van der Waals surface area contributed by atoms with Crippen LogP contribution < -0.4 is 5.32 Å². The molecule has 1 rings (SSSR count). The maximum Gasteiger partial charge on any atom is 0.316 e. The fraction of sp³-hybridized carbons (Fsp3) is 0.533. The largest absolute Gasteiger partial charge is 0.459 e. The molecular formula is C15H22FNO2S. The Morgan fingerprint density at radius 2 is 2.10 bits per heavy atom. The summed E-state index contributed by atoms with van der Waals surface area (Å²) in [5.74, 6) is -0.360. The number of carbonyl (C=O) groups excluding carboxylic acids is 1. The van der Waals surface area contributed by atoms with Gasteiger partial charge in [0.05, 0.1) is 5.75 Å². The van der Waals surface area contributed by atoms with E-state index < -0.39 is 5.60 Å². The summed E-state index contributed by atoms with van der Waals surface area (Å²) < 4.78 is 19.0. The van der Waals surface area contributed by atoms with Crippen molar-refractivity contribution in [3.8, 4) is 0 Å². The molecule has 1 aromatic rings. The molecule has 5 heteroatoms. The van der Waals surface area contributed by atoms with Crippen LogP contribution in [0.3, 0.4) is 0 Å². The smallest absolute Gasteiger partial charge is 0.316 e. The lowest BCUT2D eigenvalue weighted by molar-refractivity contribution is -0.151. The first-order chi connectivity index (χ1) is 9.33. The Balaban J connectivity index is 2.67. The van der Waals surface area contributed by atoms with Gasteiger partial charge in [0.25, 0.3) is 0 Å². The van der Waals surface area contributed by atoms with E-state index in [2.05, 4.69) is 5.32 Å². The van der Waals surface area contributed by atoms with E-state index in [-0.39, 0.29) is 17.5 Å². The summed E-state index contributed by atoms with van der Waals surface area (Å²) in [7, 11) is 0. The van der Waals surface area contributed by atoms with Crippen LogP contribution in [0.15, 0.2) is 23.1 Å². The number of benzene rings is 1. The Bertz CT molecular complexity index is 458. The number of hydrogen-bond acceptors (Lipinski definition) is 4. The third kappa shape index (κ3) is 5.92. The van der Waals surface area contributed by atoms with Crippen molar-refractivity contribution in [1.29, 1.82) is 0 Å². The molecule has 1 aromatic carbocycles. The van der Waals surface area contributed by atoms with Crippen LogP contribution in [0.4, 0.5) is 4.39 Å². The Morgan fingerprint density at radius 1 is 1.40 bits per heavy atom. The molecule has 0 saturated carbocycles. The molecule has 0 aliphatic heterocycles. The van der Waals surface area contributed by atoms with Gasteiger partial charge in [-0.15, -0.1) is 11.8 Å². The fourth-order valence-electron chi connectivity index (χ4n) is 1.60. The Morgan fingerprint density at radius 3 is 2.70 bits per heavy atom. The van der Waals surface area contributed by atoms with E-state index in [0.29, 0.717) is 12.1 Å². The lowest BCUT2D eigenvalue weighted by Crippen LogP contribution is -2.25. The van der Waals surface area contributed by atoms with Crippen molar-refractivity contribution in [1.82, 2.24) is 5.32 Å². The molecule has 0 saturated heterocycles. The number of halogens is 1. The number of thioether (sulfide) groups is 1. The van der Waals surface area contributed by atoms with E-state index in [9.17, 15) is 9.18 Å². The lowest BCUT2D eigenvalue weighted by Gasteiger charge is -2.19. The number of hydrogen-bond donors (Lipinski definition) is 1. The number of rotatable bonds is 6. The molecular weight excluding hydrogens is 277 g/mol. The van der Waals surface area contributed by atoms with Gasteiger partial charge >= 0.3 is 5.97 Å². The second-order valence-electron chi connectivity index (χ2n) is 5.37. The summed E-state index contributed by atoms with van der Waals surface area (Å²) in [5, 5.41) is 3.10. The number of carbonyl (C=O) groups is 1. The molecule has 0 aliphatic rings. The SMILES string of the molecule is CCNCc1c(F)cccc1SCC(=O)OC(C)(C)C. The first-order valence-electron chi connectivity index (χ1n) is 6.66. The first kappa shape index (κ1) is 17.0. The minimum atomic E-state index is -0.494.